The quantitative estimate of drug-likeness (QED) is 0.642. The number of carboxylic acids is 2. The first-order valence-electron chi connectivity index (χ1n) is 7.92. The van der Waals surface area contributed by atoms with Gasteiger partial charge >= 0.3 is 24.3 Å². The van der Waals surface area contributed by atoms with E-state index in [1.54, 1.807) is 0 Å². The van der Waals surface area contributed by atoms with Gasteiger partial charge in [0.2, 0.25) is 0 Å². The number of nitrogens with zero attached hydrogens (tertiary/aromatic N) is 1. The SMILES string of the molecule is O=C(O)C(F)(F)F.O=C(O)C(F)(F)F.c1ccc(CN2C[C@@H]3C[C@H]2CN3)cc1. The molecule has 2 atom stereocenters. The Morgan fingerprint density at radius 3 is 1.79 bits per heavy atom. The summed E-state index contributed by atoms with van der Waals surface area (Å²) in [5, 5.41) is 17.8. The second-order valence-electron chi connectivity index (χ2n) is 6.02. The minimum absolute atomic E-state index is 0.767. The molecule has 0 aromatic heterocycles. The maximum atomic E-state index is 10.6. The van der Waals surface area contributed by atoms with E-state index >= 15 is 0 Å². The lowest BCUT2D eigenvalue weighted by molar-refractivity contribution is -0.193. The molecule has 0 amide bonds. The molecule has 6 nitrogen and oxygen atoms in total. The van der Waals surface area contributed by atoms with E-state index in [0.29, 0.717) is 0 Å². The molecular weight excluding hydrogens is 398 g/mol. The lowest BCUT2D eigenvalue weighted by atomic mass is 10.2. The fourth-order valence-electron chi connectivity index (χ4n) is 2.66. The van der Waals surface area contributed by atoms with Gasteiger partial charge < -0.3 is 15.5 Å². The second-order valence-corrected chi connectivity index (χ2v) is 6.02. The van der Waals surface area contributed by atoms with E-state index in [1.165, 1.54) is 25.1 Å². The van der Waals surface area contributed by atoms with Gasteiger partial charge in [-0.15, -0.1) is 0 Å². The molecule has 0 saturated carbocycles. The molecule has 3 N–H and O–H groups in total. The average molecular weight is 416 g/mol. The average Bonchev–Trinajstić information content (AvgIpc) is 3.18. The van der Waals surface area contributed by atoms with E-state index in [1.807, 2.05) is 0 Å². The summed E-state index contributed by atoms with van der Waals surface area (Å²) in [5.74, 6) is -5.51. The van der Waals surface area contributed by atoms with Gasteiger partial charge in [0.05, 0.1) is 0 Å². The summed E-state index contributed by atoms with van der Waals surface area (Å²) in [4.78, 5) is 20.4. The van der Waals surface area contributed by atoms with Crippen molar-refractivity contribution in [3.8, 4) is 0 Å². The normalized spacial score (nSPS) is 21.2. The number of hydrogen-bond donors (Lipinski definition) is 3. The number of benzene rings is 1. The van der Waals surface area contributed by atoms with Crippen molar-refractivity contribution in [1.29, 1.82) is 0 Å². The van der Waals surface area contributed by atoms with Crippen LogP contribution in [0.2, 0.25) is 0 Å². The third-order valence-corrected chi connectivity index (χ3v) is 3.88. The molecule has 2 aliphatic heterocycles. The van der Waals surface area contributed by atoms with Crippen LogP contribution in [0.15, 0.2) is 30.3 Å². The summed E-state index contributed by atoms with van der Waals surface area (Å²) in [7, 11) is 0. The molecule has 158 valence electrons. The number of likely N-dealkylation sites (tertiary alicyclic amines) is 1. The van der Waals surface area contributed by atoms with Crippen molar-refractivity contribution in [1.82, 2.24) is 10.2 Å². The van der Waals surface area contributed by atoms with E-state index in [9.17, 15) is 26.3 Å². The van der Waals surface area contributed by atoms with E-state index < -0.39 is 24.3 Å². The van der Waals surface area contributed by atoms with Crippen molar-refractivity contribution >= 4 is 11.9 Å². The molecule has 0 spiro atoms. The molecule has 0 radical (unpaired) electrons. The van der Waals surface area contributed by atoms with Gasteiger partial charge in [-0.3, -0.25) is 4.90 Å². The standard InChI is InChI=1S/C12H16N2.2C2HF3O2/c1-2-4-10(5-3-1)8-14-9-11-6-12(14)7-13-11;2*3-2(4,5)1(6)7/h1-5,11-13H,6-9H2;2*(H,6,7)/t11-,12-;;/m0../s1. The number of fused-ring (bicyclic) bond motifs is 2. The van der Waals surface area contributed by atoms with Crippen LogP contribution < -0.4 is 5.32 Å². The number of halogens is 6. The summed E-state index contributed by atoms with van der Waals surface area (Å²) in [5.41, 5.74) is 1.44. The highest BCUT2D eigenvalue weighted by Crippen LogP contribution is 2.24. The van der Waals surface area contributed by atoms with E-state index in [-0.39, 0.29) is 0 Å². The van der Waals surface area contributed by atoms with E-state index in [0.717, 1.165) is 18.6 Å². The third kappa shape index (κ3) is 8.13. The van der Waals surface area contributed by atoms with Gasteiger partial charge in [-0.05, 0) is 12.0 Å². The van der Waals surface area contributed by atoms with Crippen LogP contribution in [0.1, 0.15) is 12.0 Å². The number of rotatable bonds is 2. The number of aliphatic carboxylic acids is 2. The van der Waals surface area contributed by atoms with Crippen LogP contribution in [-0.2, 0) is 16.1 Å². The van der Waals surface area contributed by atoms with Crippen LogP contribution in [0.3, 0.4) is 0 Å². The minimum atomic E-state index is -5.08. The van der Waals surface area contributed by atoms with Crippen molar-refractivity contribution in [3.63, 3.8) is 0 Å². The van der Waals surface area contributed by atoms with E-state index in [4.69, 9.17) is 19.8 Å². The highest BCUT2D eigenvalue weighted by atomic mass is 19.4. The molecular formula is C16H18F6N2O4. The molecule has 2 heterocycles. The van der Waals surface area contributed by atoms with Crippen LogP contribution in [0, 0.1) is 0 Å². The number of carbonyl (C=O) groups is 2. The molecule has 2 saturated heterocycles. The summed E-state index contributed by atoms with van der Waals surface area (Å²) in [6, 6.07) is 12.3. The van der Waals surface area contributed by atoms with Crippen molar-refractivity contribution < 1.29 is 46.1 Å². The maximum absolute atomic E-state index is 10.6. The summed E-state index contributed by atoms with van der Waals surface area (Å²) < 4.78 is 63.5. The molecule has 1 aromatic carbocycles. The van der Waals surface area contributed by atoms with Gasteiger partial charge in [0.1, 0.15) is 0 Å². The Morgan fingerprint density at radius 1 is 1.00 bits per heavy atom. The first kappa shape index (κ1) is 23.7. The van der Waals surface area contributed by atoms with Gasteiger partial charge in [-0.1, -0.05) is 30.3 Å². The van der Waals surface area contributed by atoms with Crippen molar-refractivity contribution in [2.75, 3.05) is 13.1 Å². The minimum Gasteiger partial charge on any atom is -0.475 e. The zero-order valence-electron chi connectivity index (χ0n) is 14.3. The molecule has 0 aliphatic carbocycles. The van der Waals surface area contributed by atoms with Crippen molar-refractivity contribution in [2.45, 2.75) is 37.4 Å². The fourth-order valence-corrected chi connectivity index (χ4v) is 2.66. The highest BCUT2D eigenvalue weighted by Gasteiger charge is 2.39. The number of alkyl halides is 6. The van der Waals surface area contributed by atoms with Crippen molar-refractivity contribution in [3.05, 3.63) is 35.9 Å². The maximum Gasteiger partial charge on any atom is 0.490 e. The Bertz CT molecular complexity index is 627. The number of hydrogen-bond acceptors (Lipinski definition) is 4. The smallest absolute Gasteiger partial charge is 0.475 e. The van der Waals surface area contributed by atoms with E-state index in [2.05, 4.69) is 40.5 Å². The molecule has 0 unspecified atom stereocenters. The predicted octanol–water partition coefficient (Wildman–Crippen LogP) is 2.50. The molecule has 2 bridgehead atoms. The number of nitrogens with one attached hydrogen (secondary N) is 1. The largest absolute Gasteiger partial charge is 0.490 e. The highest BCUT2D eigenvalue weighted by molar-refractivity contribution is 5.73. The molecule has 2 fully saturated rings. The van der Waals surface area contributed by atoms with Crippen molar-refractivity contribution in [2.24, 2.45) is 0 Å². The summed E-state index contributed by atoms with van der Waals surface area (Å²) in [6.45, 7) is 3.56. The predicted molar refractivity (Wildman–Crippen MR) is 84.4 cm³/mol. The van der Waals surface area contributed by atoms with Crippen LogP contribution in [0.5, 0.6) is 0 Å². The summed E-state index contributed by atoms with van der Waals surface area (Å²) >= 11 is 0. The molecule has 12 heteroatoms. The van der Waals surface area contributed by atoms with Gasteiger partial charge in [0, 0.05) is 31.7 Å². The van der Waals surface area contributed by atoms with Gasteiger partial charge in [0.25, 0.3) is 0 Å². The Kier molecular flexibility index (Phi) is 8.24. The van der Waals surface area contributed by atoms with Gasteiger partial charge in [0.15, 0.2) is 0 Å². The molecule has 3 rings (SSSR count). The lowest BCUT2D eigenvalue weighted by Crippen LogP contribution is -2.42. The zero-order valence-corrected chi connectivity index (χ0v) is 14.3. The Labute approximate surface area is 155 Å². The summed E-state index contributed by atoms with van der Waals surface area (Å²) in [6.07, 6.45) is -8.81. The first-order valence-corrected chi connectivity index (χ1v) is 7.92. The fraction of sp³-hybridized carbons (Fsp3) is 0.500. The topological polar surface area (TPSA) is 89.9 Å². The van der Waals surface area contributed by atoms with Crippen LogP contribution >= 0.6 is 0 Å². The van der Waals surface area contributed by atoms with Crippen LogP contribution in [-0.4, -0.2) is 64.6 Å². The molecule has 28 heavy (non-hydrogen) atoms. The third-order valence-electron chi connectivity index (χ3n) is 3.88. The van der Waals surface area contributed by atoms with Gasteiger partial charge in [-0.2, -0.15) is 26.3 Å². The number of carboxylic acid groups (broad SMARTS) is 2. The monoisotopic (exact) mass is 416 g/mol. The molecule has 1 aromatic rings. The Morgan fingerprint density at radius 2 is 1.46 bits per heavy atom. The van der Waals surface area contributed by atoms with Crippen LogP contribution in [0.4, 0.5) is 26.3 Å². The Balaban J connectivity index is 0.000000240. The lowest BCUT2D eigenvalue weighted by Gasteiger charge is -2.27. The first-order chi connectivity index (χ1) is 12.8. The van der Waals surface area contributed by atoms with Gasteiger partial charge in [-0.25, -0.2) is 9.59 Å². The van der Waals surface area contributed by atoms with Crippen LogP contribution in [0.25, 0.3) is 0 Å². The number of piperazine rings is 1. The Hall–Kier alpha value is -2.34. The molecule has 2 aliphatic rings. The zero-order chi connectivity index (χ0) is 21.5. The second kappa shape index (κ2) is 9.73.